The average molecular weight is 293 g/mol. The van der Waals surface area contributed by atoms with Gasteiger partial charge < -0.3 is 5.32 Å². The highest BCUT2D eigenvalue weighted by Gasteiger charge is 2.40. The molecule has 1 aliphatic carbocycles. The third kappa shape index (κ3) is 2.88. The van der Waals surface area contributed by atoms with Crippen LogP contribution in [0, 0.1) is 0 Å². The Morgan fingerprint density at radius 1 is 1.30 bits per heavy atom. The lowest BCUT2D eigenvalue weighted by Crippen LogP contribution is -2.62. The lowest BCUT2D eigenvalue weighted by atomic mass is 9.91. The van der Waals surface area contributed by atoms with Gasteiger partial charge in [-0.15, -0.1) is 0 Å². The van der Waals surface area contributed by atoms with Crippen LogP contribution in [0.3, 0.4) is 0 Å². The van der Waals surface area contributed by atoms with Crippen molar-refractivity contribution >= 4 is 11.6 Å². The molecule has 1 saturated heterocycles. The van der Waals surface area contributed by atoms with Crippen LogP contribution in [-0.2, 0) is 6.54 Å². The second-order valence-corrected chi connectivity index (χ2v) is 6.83. The van der Waals surface area contributed by atoms with Gasteiger partial charge in [-0.25, -0.2) is 0 Å². The molecule has 0 radical (unpaired) electrons. The molecular weight excluding hydrogens is 268 g/mol. The van der Waals surface area contributed by atoms with Crippen LogP contribution in [0.15, 0.2) is 24.3 Å². The molecule has 1 N–H and O–H groups in total. The fraction of sp³-hybridized carbons (Fsp3) is 0.647. The minimum Gasteiger partial charge on any atom is -0.308 e. The zero-order chi connectivity index (χ0) is 14.0. The number of rotatable bonds is 3. The number of nitrogens with one attached hydrogen (secondary N) is 1. The van der Waals surface area contributed by atoms with Crippen LogP contribution in [0.2, 0.25) is 5.02 Å². The van der Waals surface area contributed by atoms with Gasteiger partial charge in [0.05, 0.1) is 0 Å². The van der Waals surface area contributed by atoms with Gasteiger partial charge in [-0.2, -0.15) is 0 Å². The highest BCUT2D eigenvalue weighted by molar-refractivity contribution is 6.31. The van der Waals surface area contributed by atoms with E-state index >= 15 is 0 Å². The maximum atomic E-state index is 6.34. The number of nitrogens with zero attached hydrogens (tertiary/aromatic N) is 1. The van der Waals surface area contributed by atoms with Gasteiger partial charge in [0.25, 0.3) is 0 Å². The maximum Gasteiger partial charge on any atom is 0.0451 e. The summed E-state index contributed by atoms with van der Waals surface area (Å²) in [6.45, 7) is 5.58. The summed E-state index contributed by atoms with van der Waals surface area (Å²) in [6, 6.07) is 8.91. The highest BCUT2D eigenvalue weighted by atomic mass is 35.5. The summed E-state index contributed by atoms with van der Waals surface area (Å²) in [5.74, 6) is 0. The molecule has 1 spiro atoms. The van der Waals surface area contributed by atoms with Crippen molar-refractivity contribution in [2.24, 2.45) is 0 Å². The Kier molecular flexibility index (Phi) is 4.34. The van der Waals surface area contributed by atoms with Gasteiger partial charge in [-0.1, -0.05) is 49.6 Å². The topological polar surface area (TPSA) is 15.3 Å². The first-order valence-corrected chi connectivity index (χ1v) is 8.33. The second kappa shape index (κ2) is 6.05. The van der Waals surface area contributed by atoms with Gasteiger partial charge in [-0.3, -0.25) is 4.90 Å². The minimum absolute atomic E-state index is 0.382. The largest absolute Gasteiger partial charge is 0.308 e. The standard InChI is InChI=1S/C17H25ClN2/c1-2-15-11-19-17(9-5-6-10-17)13-20(15)12-14-7-3-4-8-16(14)18/h3-4,7-8,15,19H,2,5-6,9-13H2,1H3. The first-order valence-electron chi connectivity index (χ1n) is 7.95. The smallest absolute Gasteiger partial charge is 0.0451 e. The molecule has 0 amide bonds. The molecule has 1 unspecified atom stereocenters. The molecule has 1 atom stereocenters. The van der Waals surface area contributed by atoms with E-state index in [0.717, 1.165) is 18.1 Å². The van der Waals surface area contributed by atoms with Gasteiger partial charge >= 0.3 is 0 Å². The number of piperazine rings is 1. The quantitative estimate of drug-likeness (QED) is 0.911. The Balaban J connectivity index is 1.76. The van der Waals surface area contributed by atoms with Crippen molar-refractivity contribution in [3.05, 3.63) is 34.9 Å². The molecule has 2 fully saturated rings. The molecule has 1 heterocycles. The summed E-state index contributed by atoms with van der Waals surface area (Å²) >= 11 is 6.34. The molecule has 3 rings (SSSR count). The third-order valence-corrected chi connectivity index (χ3v) is 5.47. The van der Waals surface area contributed by atoms with Crippen molar-refractivity contribution in [2.45, 2.75) is 57.2 Å². The third-order valence-electron chi connectivity index (χ3n) is 5.10. The van der Waals surface area contributed by atoms with E-state index < -0.39 is 0 Å². The predicted octanol–water partition coefficient (Wildman–Crippen LogP) is 3.84. The lowest BCUT2D eigenvalue weighted by Gasteiger charge is -2.46. The normalized spacial score (nSPS) is 26.2. The molecule has 1 saturated carbocycles. The molecule has 2 aliphatic rings. The molecule has 0 aromatic heterocycles. The summed E-state index contributed by atoms with van der Waals surface area (Å²) in [7, 11) is 0. The molecule has 1 aliphatic heterocycles. The van der Waals surface area contributed by atoms with E-state index in [1.54, 1.807) is 0 Å². The van der Waals surface area contributed by atoms with Crippen molar-refractivity contribution in [3.8, 4) is 0 Å². The molecule has 2 nitrogen and oxygen atoms in total. The average Bonchev–Trinajstić information content (AvgIpc) is 2.90. The summed E-state index contributed by atoms with van der Waals surface area (Å²) in [5, 5.41) is 4.76. The SMILES string of the molecule is CCC1CNC2(CCCC2)CN1Cc1ccccc1Cl. The zero-order valence-corrected chi connectivity index (χ0v) is 13.1. The molecule has 1 aromatic carbocycles. The second-order valence-electron chi connectivity index (χ2n) is 6.43. The van der Waals surface area contributed by atoms with Crippen LogP contribution >= 0.6 is 11.6 Å². The number of hydrogen-bond acceptors (Lipinski definition) is 2. The van der Waals surface area contributed by atoms with Gasteiger partial charge in [-0.05, 0) is 30.9 Å². The van der Waals surface area contributed by atoms with Crippen LogP contribution in [0.1, 0.15) is 44.6 Å². The van der Waals surface area contributed by atoms with Gasteiger partial charge in [0.2, 0.25) is 0 Å². The minimum atomic E-state index is 0.382. The van der Waals surface area contributed by atoms with Crippen molar-refractivity contribution in [1.82, 2.24) is 10.2 Å². The van der Waals surface area contributed by atoms with Gasteiger partial charge in [0.1, 0.15) is 0 Å². The molecule has 110 valence electrons. The Bertz CT molecular complexity index is 454. The Hall–Kier alpha value is -0.570. The van der Waals surface area contributed by atoms with E-state index in [2.05, 4.69) is 29.3 Å². The molecule has 20 heavy (non-hydrogen) atoms. The number of halogens is 1. The number of hydrogen-bond donors (Lipinski definition) is 1. The van der Waals surface area contributed by atoms with E-state index in [9.17, 15) is 0 Å². The molecule has 3 heteroatoms. The first-order chi connectivity index (χ1) is 9.72. The van der Waals surface area contributed by atoms with E-state index in [4.69, 9.17) is 11.6 Å². The van der Waals surface area contributed by atoms with Crippen molar-refractivity contribution in [2.75, 3.05) is 13.1 Å². The maximum absolute atomic E-state index is 6.34. The van der Waals surface area contributed by atoms with Crippen LogP contribution in [0.25, 0.3) is 0 Å². The predicted molar refractivity (Wildman–Crippen MR) is 85.1 cm³/mol. The zero-order valence-electron chi connectivity index (χ0n) is 12.4. The fourth-order valence-electron chi connectivity index (χ4n) is 3.86. The molecule has 0 bridgehead atoms. The summed E-state index contributed by atoms with van der Waals surface area (Å²) in [6.07, 6.45) is 6.63. The summed E-state index contributed by atoms with van der Waals surface area (Å²) in [5.41, 5.74) is 1.65. The fourth-order valence-corrected chi connectivity index (χ4v) is 4.05. The van der Waals surface area contributed by atoms with Crippen LogP contribution in [0.4, 0.5) is 0 Å². The lowest BCUT2D eigenvalue weighted by molar-refractivity contribution is 0.0718. The highest BCUT2D eigenvalue weighted by Crippen LogP contribution is 2.34. The van der Waals surface area contributed by atoms with Gasteiger partial charge in [0, 0.05) is 36.2 Å². The van der Waals surface area contributed by atoms with Crippen molar-refractivity contribution in [1.29, 1.82) is 0 Å². The van der Waals surface area contributed by atoms with Gasteiger partial charge in [0.15, 0.2) is 0 Å². The van der Waals surface area contributed by atoms with Crippen LogP contribution in [-0.4, -0.2) is 29.6 Å². The van der Waals surface area contributed by atoms with Crippen molar-refractivity contribution in [3.63, 3.8) is 0 Å². The van der Waals surface area contributed by atoms with E-state index in [1.165, 1.54) is 44.2 Å². The summed E-state index contributed by atoms with van der Waals surface area (Å²) < 4.78 is 0. The number of benzene rings is 1. The van der Waals surface area contributed by atoms with E-state index in [0.29, 0.717) is 11.6 Å². The monoisotopic (exact) mass is 292 g/mol. The van der Waals surface area contributed by atoms with Crippen molar-refractivity contribution < 1.29 is 0 Å². The molecule has 1 aromatic rings. The van der Waals surface area contributed by atoms with E-state index in [-0.39, 0.29) is 0 Å². The Labute approximate surface area is 127 Å². The Morgan fingerprint density at radius 2 is 2.05 bits per heavy atom. The van der Waals surface area contributed by atoms with Crippen LogP contribution < -0.4 is 5.32 Å². The molecular formula is C17H25ClN2. The first kappa shape index (κ1) is 14.4. The Morgan fingerprint density at radius 3 is 2.75 bits per heavy atom. The summed E-state index contributed by atoms with van der Waals surface area (Å²) in [4.78, 5) is 2.66. The van der Waals surface area contributed by atoms with Crippen LogP contribution in [0.5, 0.6) is 0 Å². The van der Waals surface area contributed by atoms with E-state index in [1.807, 2.05) is 12.1 Å².